The molecule has 1 aromatic heterocycles. The number of rotatable bonds is 4. The third-order valence-corrected chi connectivity index (χ3v) is 2.82. The van der Waals surface area contributed by atoms with Gasteiger partial charge in [0.15, 0.2) is 0 Å². The molecular weight excluding hydrogens is 213 g/mol. The standard InChI is InChI=1S/C15H16FN/c1-2-3-7-12-8-6-9-13(15(12)16)14-10-4-5-11-17-14/h4-6,8-11H,2-3,7H2,1H3. The van der Waals surface area contributed by atoms with Crippen molar-refractivity contribution in [2.45, 2.75) is 26.2 Å². The average Bonchev–Trinajstić information content (AvgIpc) is 2.39. The third-order valence-electron chi connectivity index (χ3n) is 2.82. The Kier molecular flexibility index (Phi) is 3.86. The maximum atomic E-state index is 14.2. The van der Waals surface area contributed by atoms with E-state index in [-0.39, 0.29) is 5.82 Å². The molecule has 0 radical (unpaired) electrons. The Morgan fingerprint density at radius 1 is 1.12 bits per heavy atom. The van der Waals surface area contributed by atoms with Crippen LogP contribution in [0.3, 0.4) is 0 Å². The molecule has 1 heterocycles. The first-order chi connectivity index (χ1) is 8.33. The van der Waals surface area contributed by atoms with Gasteiger partial charge in [-0.3, -0.25) is 4.98 Å². The summed E-state index contributed by atoms with van der Waals surface area (Å²) in [6, 6.07) is 11.1. The number of aryl methyl sites for hydroxylation is 1. The van der Waals surface area contributed by atoms with E-state index in [0.29, 0.717) is 11.3 Å². The van der Waals surface area contributed by atoms with Crippen molar-refractivity contribution in [3.8, 4) is 11.3 Å². The van der Waals surface area contributed by atoms with E-state index >= 15 is 0 Å². The second-order valence-corrected chi connectivity index (χ2v) is 4.10. The van der Waals surface area contributed by atoms with Gasteiger partial charge in [-0.05, 0) is 36.6 Å². The number of halogens is 1. The van der Waals surface area contributed by atoms with Crippen LogP contribution in [-0.2, 0) is 6.42 Å². The fraction of sp³-hybridized carbons (Fsp3) is 0.267. The molecule has 2 rings (SSSR count). The van der Waals surface area contributed by atoms with Gasteiger partial charge in [0.1, 0.15) is 5.82 Å². The molecule has 0 atom stereocenters. The molecule has 0 bridgehead atoms. The van der Waals surface area contributed by atoms with Crippen molar-refractivity contribution >= 4 is 0 Å². The van der Waals surface area contributed by atoms with Crippen LogP contribution in [0.2, 0.25) is 0 Å². The van der Waals surface area contributed by atoms with Crippen molar-refractivity contribution in [2.24, 2.45) is 0 Å². The van der Waals surface area contributed by atoms with Crippen molar-refractivity contribution in [1.82, 2.24) is 4.98 Å². The van der Waals surface area contributed by atoms with Crippen LogP contribution < -0.4 is 0 Å². The highest BCUT2D eigenvalue weighted by Gasteiger charge is 2.09. The normalized spacial score (nSPS) is 10.5. The maximum absolute atomic E-state index is 14.2. The molecule has 0 aliphatic rings. The highest BCUT2D eigenvalue weighted by molar-refractivity contribution is 5.60. The highest BCUT2D eigenvalue weighted by atomic mass is 19.1. The molecule has 88 valence electrons. The Morgan fingerprint density at radius 2 is 2.00 bits per heavy atom. The minimum absolute atomic E-state index is 0.125. The van der Waals surface area contributed by atoms with Gasteiger partial charge >= 0.3 is 0 Å². The monoisotopic (exact) mass is 229 g/mol. The summed E-state index contributed by atoms with van der Waals surface area (Å²) >= 11 is 0. The van der Waals surface area contributed by atoms with Crippen LogP contribution in [0.1, 0.15) is 25.3 Å². The average molecular weight is 229 g/mol. The van der Waals surface area contributed by atoms with Crippen molar-refractivity contribution < 1.29 is 4.39 Å². The topological polar surface area (TPSA) is 12.9 Å². The van der Waals surface area contributed by atoms with Gasteiger partial charge < -0.3 is 0 Å². The smallest absolute Gasteiger partial charge is 0.135 e. The molecule has 0 N–H and O–H groups in total. The number of hydrogen-bond acceptors (Lipinski definition) is 1. The van der Waals surface area contributed by atoms with Crippen LogP contribution in [0.15, 0.2) is 42.6 Å². The van der Waals surface area contributed by atoms with E-state index in [1.807, 2.05) is 30.3 Å². The van der Waals surface area contributed by atoms with Crippen molar-refractivity contribution in [1.29, 1.82) is 0 Å². The first-order valence-electron chi connectivity index (χ1n) is 6.01. The molecule has 0 spiro atoms. The molecule has 1 nitrogen and oxygen atoms in total. The van der Waals surface area contributed by atoms with Gasteiger partial charge in [-0.1, -0.05) is 31.5 Å². The van der Waals surface area contributed by atoms with Crippen molar-refractivity contribution in [3.05, 3.63) is 54.0 Å². The van der Waals surface area contributed by atoms with Gasteiger partial charge in [0.25, 0.3) is 0 Å². The van der Waals surface area contributed by atoms with Gasteiger partial charge in [-0.2, -0.15) is 0 Å². The molecular formula is C15H16FN. The van der Waals surface area contributed by atoms with E-state index in [4.69, 9.17) is 0 Å². The number of nitrogens with zero attached hydrogens (tertiary/aromatic N) is 1. The van der Waals surface area contributed by atoms with Crippen molar-refractivity contribution in [2.75, 3.05) is 0 Å². The summed E-state index contributed by atoms with van der Waals surface area (Å²) in [4.78, 5) is 4.19. The number of unbranched alkanes of at least 4 members (excludes halogenated alkanes) is 1. The maximum Gasteiger partial charge on any atom is 0.135 e. The van der Waals surface area contributed by atoms with E-state index in [9.17, 15) is 4.39 Å². The van der Waals surface area contributed by atoms with Crippen LogP contribution >= 0.6 is 0 Å². The van der Waals surface area contributed by atoms with E-state index in [2.05, 4.69) is 11.9 Å². The van der Waals surface area contributed by atoms with E-state index in [1.165, 1.54) is 0 Å². The Hall–Kier alpha value is -1.70. The lowest BCUT2D eigenvalue weighted by molar-refractivity contribution is 0.606. The van der Waals surface area contributed by atoms with Crippen LogP contribution in [0, 0.1) is 5.82 Å². The van der Waals surface area contributed by atoms with Crippen LogP contribution in [-0.4, -0.2) is 4.98 Å². The van der Waals surface area contributed by atoms with Gasteiger partial charge in [-0.25, -0.2) is 4.39 Å². The Labute approximate surface area is 101 Å². The Morgan fingerprint density at radius 3 is 2.71 bits per heavy atom. The lowest BCUT2D eigenvalue weighted by Crippen LogP contribution is -1.94. The first kappa shape index (κ1) is 11.8. The molecule has 0 saturated heterocycles. The second-order valence-electron chi connectivity index (χ2n) is 4.10. The summed E-state index contributed by atoms with van der Waals surface area (Å²) in [6.07, 6.45) is 4.58. The summed E-state index contributed by atoms with van der Waals surface area (Å²) in [5, 5.41) is 0. The molecule has 1 aromatic carbocycles. The molecule has 2 heteroatoms. The first-order valence-corrected chi connectivity index (χ1v) is 6.01. The van der Waals surface area contributed by atoms with E-state index in [0.717, 1.165) is 24.8 Å². The molecule has 0 fully saturated rings. The number of aromatic nitrogens is 1. The summed E-state index contributed by atoms with van der Waals surface area (Å²) in [5.41, 5.74) is 2.08. The summed E-state index contributed by atoms with van der Waals surface area (Å²) < 4.78 is 14.2. The lowest BCUT2D eigenvalue weighted by Gasteiger charge is -2.07. The van der Waals surface area contributed by atoms with Gasteiger partial charge in [0.2, 0.25) is 0 Å². The van der Waals surface area contributed by atoms with Gasteiger partial charge in [0, 0.05) is 11.8 Å². The predicted octanol–water partition coefficient (Wildman–Crippen LogP) is 4.23. The Bertz CT molecular complexity index is 480. The molecule has 0 amide bonds. The SMILES string of the molecule is CCCCc1cccc(-c2ccccn2)c1F. The van der Waals surface area contributed by atoms with Crippen LogP contribution in [0.4, 0.5) is 4.39 Å². The summed E-state index contributed by atoms with van der Waals surface area (Å²) in [5.74, 6) is -0.125. The fourth-order valence-corrected chi connectivity index (χ4v) is 1.86. The zero-order chi connectivity index (χ0) is 12.1. The van der Waals surface area contributed by atoms with E-state index in [1.54, 1.807) is 12.3 Å². The summed E-state index contributed by atoms with van der Waals surface area (Å²) in [6.45, 7) is 2.11. The highest BCUT2D eigenvalue weighted by Crippen LogP contribution is 2.23. The van der Waals surface area contributed by atoms with Crippen LogP contribution in [0.25, 0.3) is 11.3 Å². The minimum atomic E-state index is -0.125. The van der Waals surface area contributed by atoms with Crippen LogP contribution in [0.5, 0.6) is 0 Å². The predicted molar refractivity (Wildman–Crippen MR) is 68.2 cm³/mol. The Balaban J connectivity index is 2.36. The van der Waals surface area contributed by atoms with Gasteiger partial charge in [-0.15, -0.1) is 0 Å². The molecule has 0 saturated carbocycles. The minimum Gasteiger partial charge on any atom is -0.256 e. The quantitative estimate of drug-likeness (QED) is 0.764. The second kappa shape index (κ2) is 5.58. The molecule has 0 unspecified atom stereocenters. The molecule has 17 heavy (non-hydrogen) atoms. The van der Waals surface area contributed by atoms with Crippen molar-refractivity contribution in [3.63, 3.8) is 0 Å². The lowest BCUT2D eigenvalue weighted by atomic mass is 10.0. The summed E-state index contributed by atoms with van der Waals surface area (Å²) in [7, 11) is 0. The fourth-order valence-electron chi connectivity index (χ4n) is 1.86. The molecule has 2 aromatic rings. The van der Waals surface area contributed by atoms with Gasteiger partial charge in [0.05, 0.1) is 5.69 Å². The number of pyridine rings is 1. The third kappa shape index (κ3) is 2.70. The molecule has 0 aliphatic carbocycles. The largest absolute Gasteiger partial charge is 0.256 e. The zero-order valence-electron chi connectivity index (χ0n) is 9.99. The number of hydrogen-bond donors (Lipinski definition) is 0. The number of benzene rings is 1. The van der Waals surface area contributed by atoms with E-state index < -0.39 is 0 Å². The zero-order valence-corrected chi connectivity index (χ0v) is 9.99. The molecule has 0 aliphatic heterocycles.